The Morgan fingerprint density at radius 2 is 2.12 bits per heavy atom. The quantitative estimate of drug-likeness (QED) is 0.716. The van der Waals surface area contributed by atoms with Gasteiger partial charge in [-0.1, -0.05) is 0 Å². The molecule has 0 radical (unpaired) electrons. The van der Waals surface area contributed by atoms with Crippen LogP contribution in [0.3, 0.4) is 0 Å². The van der Waals surface area contributed by atoms with Gasteiger partial charge in [-0.05, 0) is 31.0 Å². The van der Waals surface area contributed by atoms with E-state index in [4.69, 9.17) is 0 Å². The summed E-state index contributed by atoms with van der Waals surface area (Å²) in [6, 6.07) is 3.91. The molecule has 1 fully saturated rings. The monoisotopic (exact) mass is 357 g/mol. The Hall–Kier alpha value is -3.23. The number of nitrogens with zero attached hydrogens (tertiary/aromatic N) is 3. The first-order valence-electron chi connectivity index (χ1n) is 8.20. The van der Waals surface area contributed by atoms with Gasteiger partial charge < -0.3 is 14.5 Å². The van der Waals surface area contributed by atoms with E-state index in [1.807, 2.05) is 0 Å². The number of hydrogen-bond donors (Lipinski definition) is 2. The fourth-order valence-corrected chi connectivity index (χ4v) is 3.32. The second-order valence-corrected chi connectivity index (χ2v) is 6.35. The summed E-state index contributed by atoms with van der Waals surface area (Å²) in [6.07, 6.45) is 2.68. The van der Waals surface area contributed by atoms with E-state index < -0.39 is 17.2 Å². The second-order valence-electron chi connectivity index (χ2n) is 6.35. The van der Waals surface area contributed by atoms with Crippen molar-refractivity contribution in [2.75, 3.05) is 6.54 Å². The summed E-state index contributed by atoms with van der Waals surface area (Å²) in [6.45, 7) is 0.469. The van der Waals surface area contributed by atoms with E-state index in [9.17, 15) is 18.8 Å². The van der Waals surface area contributed by atoms with E-state index in [1.165, 1.54) is 25.4 Å². The molecule has 134 valence electrons. The number of hydrogen-bond acceptors (Lipinski definition) is 4. The zero-order chi connectivity index (χ0) is 18.4. The number of aryl methyl sites for hydroxylation is 1. The van der Waals surface area contributed by atoms with Crippen LogP contribution in [0.2, 0.25) is 0 Å². The molecule has 1 aliphatic rings. The van der Waals surface area contributed by atoms with Gasteiger partial charge in [-0.2, -0.15) is 0 Å². The third kappa shape index (κ3) is 2.61. The fourth-order valence-electron chi connectivity index (χ4n) is 3.32. The second kappa shape index (κ2) is 5.94. The van der Waals surface area contributed by atoms with E-state index in [1.54, 1.807) is 11.0 Å². The third-order valence-corrected chi connectivity index (χ3v) is 4.63. The lowest BCUT2D eigenvalue weighted by atomic mass is 10.2. The summed E-state index contributed by atoms with van der Waals surface area (Å²) in [4.78, 5) is 47.6. The van der Waals surface area contributed by atoms with Crippen LogP contribution in [0.25, 0.3) is 11.0 Å². The molecule has 1 saturated heterocycles. The van der Waals surface area contributed by atoms with Gasteiger partial charge in [-0.3, -0.25) is 14.6 Å². The molecule has 4 rings (SSSR count). The van der Waals surface area contributed by atoms with Crippen LogP contribution in [0.15, 0.2) is 34.0 Å². The Labute approximate surface area is 146 Å². The van der Waals surface area contributed by atoms with Gasteiger partial charge >= 0.3 is 5.69 Å². The van der Waals surface area contributed by atoms with Crippen molar-refractivity contribution in [2.24, 2.45) is 7.05 Å². The Morgan fingerprint density at radius 3 is 2.92 bits per heavy atom. The molecule has 26 heavy (non-hydrogen) atoms. The summed E-state index contributed by atoms with van der Waals surface area (Å²) in [5, 5.41) is 0. The van der Waals surface area contributed by atoms with E-state index >= 15 is 0 Å². The average molecular weight is 357 g/mol. The summed E-state index contributed by atoms with van der Waals surface area (Å²) in [7, 11) is 1.46. The minimum Gasteiger partial charge on any atom is -0.340 e. The van der Waals surface area contributed by atoms with Gasteiger partial charge in [-0.25, -0.2) is 14.2 Å². The molecule has 2 aromatic heterocycles. The maximum Gasteiger partial charge on any atom is 0.328 e. The molecule has 3 heterocycles. The Morgan fingerprint density at radius 1 is 1.31 bits per heavy atom. The van der Waals surface area contributed by atoms with Crippen molar-refractivity contribution >= 4 is 16.9 Å². The maximum absolute atomic E-state index is 13.4. The van der Waals surface area contributed by atoms with Crippen LogP contribution in [-0.4, -0.2) is 36.9 Å². The van der Waals surface area contributed by atoms with Crippen molar-refractivity contribution in [3.8, 4) is 0 Å². The smallest absolute Gasteiger partial charge is 0.328 e. The highest BCUT2D eigenvalue weighted by molar-refractivity contribution is 5.94. The number of imidazole rings is 1. The number of H-pyrrole nitrogens is 2. The highest BCUT2D eigenvalue weighted by Gasteiger charge is 2.34. The number of carbonyl (C=O) groups excluding carboxylic acids is 1. The first kappa shape index (κ1) is 16.2. The maximum atomic E-state index is 13.4. The molecule has 1 amide bonds. The molecule has 1 aromatic carbocycles. The molecule has 1 aliphatic heterocycles. The summed E-state index contributed by atoms with van der Waals surface area (Å²) < 4.78 is 14.5. The van der Waals surface area contributed by atoms with Crippen molar-refractivity contribution in [1.82, 2.24) is 24.4 Å². The van der Waals surface area contributed by atoms with Gasteiger partial charge in [0.2, 0.25) is 0 Å². The SMILES string of the molecule is Cn1cc(C(=O)N2CCCC2c2nc3ccc(F)cc3[nH]2)c(=O)[nH]c1=O. The number of aromatic amines is 2. The van der Waals surface area contributed by atoms with Crippen molar-refractivity contribution < 1.29 is 9.18 Å². The van der Waals surface area contributed by atoms with E-state index in [0.29, 0.717) is 29.8 Å². The number of likely N-dealkylation sites (tertiary alicyclic amines) is 1. The molecular formula is C17H16FN5O3. The Kier molecular flexibility index (Phi) is 3.71. The van der Waals surface area contributed by atoms with Gasteiger partial charge in [0.1, 0.15) is 17.2 Å². The van der Waals surface area contributed by atoms with Crippen molar-refractivity contribution in [3.63, 3.8) is 0 Å². The van der Waals surface area contributed by atoms with Crippen molar-refractivity contribution in [1.29, 1.82) is 0 Å². The molecule has 2 N–H and O–H groups in total. The zero-order valence-corrected chi connectivity index (χ0v) is 14.0. The molecule has 9 heteroatoms. The summed E-state index contributed by atoms with van der Waals surface area (Å²) >= 11 is 0. The first-order chi connectivity index (χ1) is 12.4. The Bertz CT molecular complexity index is 1130. The Balaban J connectivity index is 1.71. The van der Waals surface area contributed by atoms with Crippen LogP contribution in [0.5, 0.6) is 0 Å². The van der Waals surface area contributed by atoms with Crippen LogP contribution in [0, 0.1) is 5.82 Å². The highest BCUT2D eigenvalue weighted by atomic mass is 19.1. The molecule has 3 aromatic rings. The van der Waals surface area contributed by atoms with Crippen LogP contribution < -0.4 is 11.2 Å². The summed E-state index contributed by atoms with van der Waals surface area (Å²) in [5.74, 6) is -0.280. The van der Waals surface area contributed by atoms with Crippen molar-refractivity contribution in [2.45, 2.75) is 18.9 Å². The third-order valence-electron chi connectivity index (χ3n) is 4.63. The van der Waals surface area contributed by atoms with Gasteiger partial charge in [0.05, 0.1) is 17.1 Å². The molecule has 8 nitrogen and oxygen atoms in total. The summed E-state index contributed by atoms with van der Waals surface area (Å²) in [5.41, 5.74) is -0.222. The normalized spacial score (nSPS) is 17.2. The number of carbonyl (C=O) groups is 1. The molecular weight excluding hydrogens is 341 g/mol. The van der Waals surface area contributed by atoms with Crippen LogP contribution in [0.1, 0.15) is 35.1 Å². The van der Waals surface area contributed by atoms with Crippen LogP contribution in [0.4, 0.5) is 4.39 Å². The fraction of sp³-hybridized carbons (Fsp3) is 0.294. The van der Waals surface area contributed by atoms with Crippen molar-refractivity contribution in [3.05, 3.63) is 62.4 Å². The number of fused-ring (bicyclic) bond motifs is 1. The lowest BCUT2D eigenvalue weighted by Gasteiger charge is -2.23. The van der Waals surface area contributed by atoms with E-state index in [2.05, 4.69) is 15.0 Å². The number of amides is 1. The average Bonchev–Trinajstić information content (AvgIpc) is 3.23. The number of nitrogens with one attached hydrogen (secondary N) is 2. The minimum absolute atomic E-state index is 0.0962. The lowest BCUT2D eigenvalue weighted by Crippen LogP contribution is -2.38. The number of halogens is 1. The predicted molar refractivity (Wildman–Crippen MR) is 91.4 cm³/mol. The molecule has 0 saturated carbocycles. The van der Waals surface area contributed by atoms with Crippen LogP contribution in [-0.2, 0) is 7.05 Å². The van der Waals surface area contributed by atoms with Gasteiger partial charge in [0, 0.05) is 19.8 Å². The first-order valence-corrected chi connectivity index (χ1v) is 8.20. The standard InChI is InChI=1S/C17H16FN5O3/c1-22-8-10(15(24)21-17(22)26)16(25)23-6-2-3-13(23)14-19-11-5-4-9(18)7-12(11)20-14/h4-5,7-8,13H,2-3,6H2,1H3,(H,19,20)(H,21,24,26). The van der Waals surface area contributed by atoms with Gasteiger partial charge in [0.25, 0.3) is 11.5 Å². The van der Waals surface area contributed by atoms with E-state index in [0.717, 1.165) is 11.0 Å². The lowest BCUT2D eigenvalue weighted by molar-refractivity contribution is 0.0727. The molecule has 0 spiro atoms. The predicted octanol–water partition coefficient (Wildman–Crippen LogP) is 1.07. The van der Waals surface area contributed by atoms with Gasteiger partial charge in [0.15, 0.2) is 0 Å². The topological polar surface area (TPSA) is 104 Å². The van der Waals surface area contributed by atoms with Gasteiger partial charge in [-0.15, -0.1) is 0 Å². The molecule has 0 aliphatic carbocycles. The largest absolute Gasteiger partial charge is 0.340 e. The molecule has 1 unspecified atom stereocenters. The minimum atomic E-state index is -0.713. The molecule has 1 atom stereocenters. The zero-order valence-electron chi connectivity index (χ0n) is 14.0. The highest BCUT2D eigenvalue weighted by Crippen LogP contribution is 2.32. The van der Waals surface area contributed by atoms with Crippen LogP contribution >= 0.6 is 0 Å². The number of benzene rings is 1. The van der Waals surface area contributed by atoms with E-state index in [-0.39, 0.29) is 17.4 Å². The number of aromatic nitrogens is 4. The molecule has 0 bridgehead atoms. The number of rotatable bonds is 2.